The number of benzene rings is 2. The van der Waals surface area contributed by atoms with E-state index in [9.17, 15) is 49.0 Å². The van der Waals surface area contributed by atoms with Gasteiger partial charge in [0.05, 0.1) is 33.7 Å². The van der Waals surface area contributed by atoms with Crippen molar-refractivity contribution < 1.29 is 48.1 Å². The maximum atomic E-state index is 13.9. The van der Waals surface area contributed by atoms with Gasteiger partial charge in [-0.1, -0.05) is 27.7 Å². The number of ether oxygens (including phenoxy) is 2. The number of nitrogens with one attached hydrogen (secondary N) is 2. The van der Waals surface area contributed by atoms with Gasteiger partial charge in [0.2, 0.25) is 11.8 Å². The van der Waals surface area contributed by atoms with Crippen LogP contribution in [-0.2, 0) is 28.8 Å². The molecule has 18 nitrogen and oxygen atoms in total. The Kier molecular flexibility index (Phi) is 11.1. The molecule has 4 spiro atoms. The second-order valence-electron chi connectivity index (χ2n) is 22.8. The van der Waals surface area contributed by atoms with Crippen LogP contribution in [0, 0.1) is 46.5 Å². The molecule has 10 aliphatic heterocycles. The van der Waals surface area contributed by atoms with E-state index in [-0.39, 0.29) is 74.1 Å². The highest BCUT2D eigenvalue weighted by Gasteiger charge is 2.74. The number of carbonyl (C=O) groups excluding carboxylic acids is 6. The first-order chi connectivity index (χ1) is 33.5. The van der Waals surface area contributed by atoms with Crippen LogP contribution in [0.5, 0.6) is 11.5 Å². The summed E-state index contributed by atoms with van der Waals surface area (Å²) in [5.74, 6) is -0.357. The molecule has 0 radical (unpaired) electrons. The maximum Gasteiger partial charge on any atom is 0.293 e. The number of hydrogen-bond acceptors (Lipinski definition) is 12. The highest BCUT2D eigenvalue weighted by atomic mass is 127. The van der Waals surface area contributed by atoms with Crippen LogP contribution in [0.25, 0.3) is 17.7 Å². The van der Waals surface area contributed by atoms with Crippen LogP contribution in [0.4, 0.5) is 11.4 Å². The fourth-order valence-electron chi connectivity index (χ4n) is 13.3. The molecule has 2 aromatic carbocycles. The Morgan fingerprint density at radius 1 is 0.625 bits per heavy atom. The van der Waals surface area contributed by atoms with Crippen molar-refractivity contribution in [3.63, 3.8) is 0 Å². The van der Waals surface area contributed by atoms with E-state index < -0.39 is 55.0 Å². The average Bonchev–Trinajstić information content (AvgIpc) is 3.95. The monoisotopic (exact) mass is 1210 g/mol. The van der Waals surface area contributed by atoms with Gasteiger partial charge in [-0.3, -0.25) is 49.0 Å². The minimum atomic E-state index is -1.41. The molecular weight excluding hydrogens is 1150 g/mol. The van der Waals surface area contributed by atoms with Crippen LogP contribution in [0.3, 0.4) is 0 Å². The Hall–Kier alpha value is -5.52. The number of nitrogens with zero attached hydrogens (tertiary/aromatic N) is 4. The van der Waals surface area contributed by atoms with E-state index in [2.05, 4.69) is 10.6 Å². The molecule has 4 bridgehead atoms. The normalized spacial score (nSPS) is 32.5. The third-order valence-corrected chi connectivity index (χ3v) is 18.6. The SMILES string of the molecule is CC1(C)C(=O)C(I)=C[C@]23NC(=O)C4(CCCN4C2=O)CC13.CC1(C)C=Cc2c(ccc(C3=C[C@]45NC(=O)C6(CCCN6C4=O)CC5C(C)(C)C3=O)c2[N+](=O)[O-])O1.CC1(C)C=Cc2c(ccc(I)c2[N+](=O)[O-])O1. The first-order valence-corrected chi connectivity index (χ1v) is 26.2. The number of fused-ring (bicyclic) bond motifs is 4. The van der Waals surface area contributed by atoms with Gasteiger partial charge < -0.3 is 29.9 Å². The lowest BCUT2D eigenvalue weighted by Crippen LogP contribution is -2.83. The molecule has 8 fully saturated rings. The predicted molar refractivity (Wildman–Crippen MR) is 279 cm³/mol. The van der Waals surface area contributed by atoms with Gasteiger partial charge >= 0.3 is 0 Å². The number of Topliss-reactive ketones (excluding diaryl/α,β-unsaturated/α-hetero) is 2. The van der Waals surface area contributed by atoms with E-state index in [4.69, 9.17) is 9.47 Å². The van der Waals surface area contributed by atoms with E-state index in [1.807, 2.05) is 92.8 Å². The Morgan fingerprint density at radius 2 is 1.07 bits per heavy atom. The van der Waals surface area contributed by atoms with Crippen LogP contribution in [0.2, 0.25) is 0 Å². The smallest absolute Gasteiger partial charge is 0.293 e. The largest absolute Gasteiger partial charge is 0.483 e. The summed E-state index contributed by atoms with van der Waals surface area (Å²) in [5, 5.41) is 29.2. The molecule has 12 aliphatic rings. The quantitative estimate of drug-likeness (QED) is 0.172. The predicted octanol–water partition coefficient (Wildman–Crippen LogP) is 7.57. The van der Waals surface area contributed by atoms with Gasteiger partial charge in [-0.05, 0) is 172 Å². The number of allylic oxidation sites excluding steroid dienone is 2. The Balaban J connectivity index is 0.000000137. The number of amides is 4. The number of ketones is 2. The van der Waals surface area contributed by atoms with Gasteiger partial charge in [-0.2, -0.15) is 0 Å². The molecule has 0 saturated carbocycles. The van der Waals surface area contributed by atoms with Gasteiger partial charge in [-0.15, -0.1) is 0 Å². The van der Waals surface area contributed by atoms with Crippen molar-refractivity contribution >= 4 is 109 Å². The number of rotatable bonds is 3. The zero-order valence-corrected chi connectivity index (χ0v) is 45.3. The zero-order chi connectivity index (χ0) is 52.3. The summed E-state index contributed by atoms with van der Waals surface area (Å²) in [6.07, 6.45) is 14.1. The number of piperidine rings is 4. The third-order valence-electron chi connectivity index (χ3n) is 17.0. The second kappa shape index (κ2) is 16.0. The fourth-order valence-corrected chi connectivity index (χ4v) is 15.1. The topological polar surface area (TPSA) is 238 Å². The van der Waals surface area contributed by atoms with Crippen molar-refractivity contribution in [2.45, 2.75) is 127 Å². The summed E-state index contributed by atoms with van der Waals surface area (Å²) in [5.41, 5.74) is -5.82. The molecule has 8 saturated heterocycles. The van der Waals surface area contributed by atoms with Crippen LogP contribution < -0.4 is 20.1 Å². The van der Waals surface area contributed by atoms with Crippen LogP contribution in [-0.4, -0.2) is 101 Å². The summed E-state index contributed by atoms with van der Waals surface area (Å²) >= 11 is 3.95. The van der Waals surface area contributed by atoms with E-state index in [1.165, 1.54) is 12.1 Å². The number of nitro benzene ring substituents is 2. The molecule has 72 heavy (non-hydrogen) atoms. The molecule has 4 unspecified atom stereocenters. The molecule has 4 amide bonds. The Labute approximate surface area is 442 Å². The van der Waals surface area contributed by atoms with Crippen molar-refractivity contribution in [3.05, 3.63) is 92.6 Å². The number of carbonyl (C=O) groups is 6. The molecule has 2 N–H and O–H groups in total. The molecule has 2 aliphatic carbocycles. The molecule has 10 heterocycles. The number of hydrogen-bond donors (Lipinski definition) is 2. The summed E-state index contributed by atoms with van der Waals surface area (Å²) in [4.78, 5) is 105. The Bertz CT molecular complexity index is 3060. The summed E-state index contributed by atoms with van der Waals surface area (Å²) in [7, 11) is 0. The summed E-state index contributed by atoms with van der Waals surface area (Å²) < 4.78 is 12.8. The molecular formula is C52H54I2N6O12. The summed E-state index contributed by atoms with van der Waals surface area (Å²) in [6.45, 7) is 16.0. The second-order valence-corrected chi connectivity index (χ2v) is 25.1. The number of nitro groups is 2. The number of piperazine rings is 2. The lowest BCUT2D eigenvalue weighted by atomic mass is 9.51. The van der Waals surface area contributed by atoms with Crippen molar-refractivity contribution in [3.8, 4) is 11.5 Å². The van der Waals surface area contributed by atoms with E-state index >= 15 is 0 Å². The van der Waals surface area contributed by atoms with Crippen molar-refractivity contribution in [1.82, 2.24) is 20.4 Å². The molecule has 20 heteroatoms. The first-order valence-electron chi connectivity index (χ1n) is 24.1. The van der Waals surface area contributed by atoms with Crippen molar-refractivity contribution in [2.24, 2.45) is 22.7 Å². The van der Waals surface area contributed by atoms with Crippen molar-refractivity contribution in [2.75, 3.05) is 13.1 Å². The number of halogens is 2. The van der Waals surface area contributed by atoms with E-state index in [0.717, 1.165) is 12.8 Å². The third kappa shape index (κ3) is 6.87. The molecule has 0 aromatic heterocycles. The van der Waals surface area contributed by atoms with Gasteiger partial charge in [0.15, 0.2) is 11.6 Å². The lowest BCUT2D eigenvalue weighted by Gasteiger charge is -2.62. The van der Waals surface area contributed by atoms with E-state index in [1.54, 1.807) is 66.2 Å². The van der Waals surface area contributed by atoms with Gasteiger partial charge in [0, 0.05) is 41.3 Å². The minimum absolute atomic E-state index is 0.0226. The minimum Gasteiger partial charge on any atom is -0.483 e. The summed E-state index contributed by atoms with van der Waals surface area (Å²) in [6, 6.07) is 6.62. The highest BCUT2D eigenvalue weighted by molar-refractivity contribution is 14.1. The molecule has 6 atom stereocenters. The Morgan fingerprint density at radius 3 is 1.56 bits per heavy atom. The van der Waals surface area contributed by atoms with Crippen LogP contribution >= 0.6 is 45.2 Å². The molecule has 14 rings (SSSR count). The van der Waals surface area contributed by atoms with E-state index in [0.29, 0.717) is 63.0 Å². The van der Waals surface area contributed by atoms with Gasteiger partial charge in [0.1, 0.15) is 44.9 Å². The van der Waals surface area contributed by atoms with Gasteiger partial charge in [-0.25, -0.2) is 0 Å². The van der Waals surface area contributed by atoms with Crippen LogP contribution in [0.1, 0.15) is 111 Å². The fraction of sp³-hybridized carbons (Fsp3) is 0.500. The lowest BCUT2D eigenvalue weighted by molar-refractivity contribution is -0.386. The maximum absolute atomic E-state index is 13.9. The average molecular weight is 1210 g/mol. The zero-order valence-electron chi connectivity index (χ0n) is 41.0. The standard InChI is InChI=1S/C26H27N3O6.C15H17IN2O3.C11H10INO3/c1-23(2)10-8-15-17(35-23)7-6-14(19(15)29(33)34)16-12-26-18(24(3,4)20(16)30)13-25(21(31)27-26)9-5-11-28(25)22(26)32;1-13(2)9-7-14-4-3-5-18(14)12(21)15(9,17-11(14)20)6-8(16)10(13)19;1-11(2)6-5-7-9(16-11)4-3-8(12)10(7)13(14)15/h6-8,10,12,18H,5,9,11,13H2,1-4H3,(H,27,31);6,9H,3-5,7H2,1-2H3,(H,17,20);3-6H,1-2H3/t18?,25?,26-;9?,14?,15-;/m11./s1. The van der Waals surface area contributed by atoms with Gasteiger partial charge in [0.25, 0.3) is 23.2 Å². The van der Waals surface area contributed by atoms with Crippen LogP contribution in [0.15, 0.2) is 52.1 Å². The van der Waals surface area contributed by atoms with Crippen molar-refractivity contribution in [1.29, 1.82) is 0 Å². The molecule has 2 aromatic rings. The highest BCUT2D eigenvalue weighted by Crippen LogP contribution is 2.60. The first kappa shape index (κ1) is 50.0. The molecule has 378 valence electrons.